The van der Waals surface area contributed by atoms with E-state index in [0.29, 0.717) is 24.8 Å². The van der Waals surface area contributed by atoms with Crippen molar-refractivity contribution in [1.29, 1.82) is 0 Å². The van der Waals surface area contributed by atoms with Crippen LogP contribution in [0.5, 0.6) is 5.75 Å². The van der Waals surface area contributed by atoms with Crippen molar-refractivity contribution in [3.63, 3.8) is 0 Å². The lowest BCUT2D eigenvalue weighted by Crippen LogP contribution is -2.19. The van der Waals surface area contributed by atoms with Crippen molar-refractivity contribution in [1.82, 2.24) is 0 Å². The summed E-state index contributed by atoms with van der Waals surface area (Å²) in [5, 5.41) is 0. The van der Waals surface area contributed by atoms with Crippen LogP contribution in [0.4, 0.5) is 17.6 Å². The van der Waals surface area contributed by atoms with Crippen LogP contribution in [0.15, 0.2) is 18.2 Å². The van der Waals surface area contributed by atoms with Crippen molar-refractivity contribution in [2.75, 3.05) is 0 Å². The molecule has 0 saturated carbocycles. The molecule has 0 aliphatic rings. The highest BCUT2D eigenvalue weighted by Gasteiger charge is 2.31. The normalized spacial score (nSPS) is 14.1. The second kappa shape index (κ2) is 6.67. The molecule has 0 aliphatic heterocycles. The number of ether oxygens (including phenoxy) is 1. The lowest BCUT2D eigenvalue weighted by atomic mass is 9.82. The largest absolute Gasteiger partial charge is 0.573 e. The Labute approximate surface area is 123 Å². The van der Waals surface area contributed by atoms with E-state index in [2.05, 4.69) is 4.74 Å². The summed E-state index contributed by atoms with van der Waals surface area (Å²) in [5.74, 6) is -0.252. The summed E-state index contributed by atoms with van der Waals surface area (Å²) in [4.78, 5) is 0. The molecular weight excluding hydrogens is 284 g/mol. The first-order chi connectivity index (χ1) is 9.53. The van der Waals surface area contributed by atoms with Gasteiger partial charge in [0.05, 0.1) is 0 Å². The fourth-order valence-corrected chi connectivity index (χ4v) is 2.22. The maximum atomic E-state index is 13.4. The third-order valence-electron chi connectivity index (χ3n) is 3.29. The van der Waals surface area contributed by atoms with Crippen LogP contribution in [0.2, 0.25) is 0 Å². The van der Waals surface area contributed by atoms with Gasteiger partial charge in [0.2, 0.25) is 0 Å². The van der Waals surface area contributed by atoms with E-state index >= 15 is 0 Å². The Bertz CT molecular complexity index is 460. The van der Waals surface area contributed by atoms with Crippen LogP contribution in [0.25, 0.3) is 0 Å². The minimum absolute atomic E-state index is 0.218. The number of hydrogen-bond donors (Lipinski definition) is 0. The minimum atomic E-state index is -4.72. The molecule has 1 aromatic carbocycles. The predicted octanol–water partition coefficient (Wildman–Crippen LogP) is 5.56. The molecule has 0 N–H and O–H groups in total. The summed E-state index contributed by atoms with van der Waals surface area (Å²) in [6.45, 7) is 7.67. The molecule has 0 spiro atoms. The lowest BCUT2D eigenvalue weighted by Gasteiger charge is -2.24. The molecule has 0 saturated heterocycles. The zero-order chi connectivity index (χ0) is 16.3. The Morgan fingerprint density at radius 1 is 1.14 bits per heavy atom. The Kier molecular flexibility index (Phi) is 5.65. The number of hydrogen-bond acceptors (Lipinski definition) is 1. The van der Waals surface area contributed by atoms with E-state index in [-0.39, 0.29) is 11.2 Å². The van der Waals surface area contributed by atoms with Crippen LogP contribution in [0.3, 0.4) is 0 Å². The standard InChI is InChI=1S/C16H22F4O/c1-5-12(17)7-6-11-10-13(21-16(18,19)20)8-9-14(11)15(2,3)4/h8-10,12H,5-7H2,1-4H3. The molecule has 0 bridgehead atoms. The number of aryl methyl sites for hydroxylation is 1. The highest BCUT2D eigenvalue weighted by molar-refractivity contribution is 5.39. The van der Waals surface area contributed by atoms with Gasteiger partial charge in [0.15, 0.2) is 0 Å². The van der Waals surface area contributed by atoms with Crippen molar-refractivity contribution in [2.45, 2.75) is 64.9 Å². The average Bonchev–Trinajstić information content (AvgIpc) is 2.32. The molecule has 1 unspecified atom stereocenters. The van der Waals surface area contributed by atoms with Gasteiger partial charge in [0.25, 0.3) is 0 Å². The summed E-state index contributed by atoms with van der Waals surface area (Å²) in [7, 11) is 0. The molecular formula is C16H22F4O. The van der Waals surface area contributed by atoms with E-state index in [4.69, 9.17) is 0 Å². The first kappa shape index (κ1) is 17.8. The molecule has 0 aromatic heterocycles. The van der Waals surface area contributed by atoms with Gasteiger partial charge >= 0.3 is 6.36 Å². The molecule has 0 fully saturated rings. The molecule has 5 heteroatoms. The Morgan fingerprint density at radius 2 is 1.76 bits per heavy atom. The molecule has 1 aromatic rings. The van der Waals surface area contributed by atoms with Crippen LogP contribution in [0.1, 0.15) is 51.7 Å². The Morgan fingerprint density at radius 3 is 2.24 bits per heavy atom. The fraction of sp³-hybridized carbons (Fsp3) is 0.625. The van der Waals surface area contributed by atoms with E-state index in [1.807, 2.05) is 20.8 Å². The summed E-state index contributed by atoms with van der Waals surface area (Å²) in [6, 6.07) is 4.32. The second-order valence-electron chi connectivity index (χ2n) is 6.16. The van der Waals surface area contributed by atoms with E-state index < -0.39 is 12.5 Å². The first-order valence-electron chi connectivity index (χ1n) is 7.06. The summed E-state index contributed by atoms with van der Waals surface area (Å²) < 4.78 is 54.2. The average molecular weight is 306 g/mol. The Hall–Kier alpha value is -1.26. The van der Waals surface area contributed by atoms with Crippen molar-refractivity contribution < 1.29 is 22.3 Å². The minimum Gasteiger partial charge on any atom is -0.406 e. The second-order valence-corrected chi connectivity index (χ2v) is 6.16. The SMILES string of the molecule is CCC(F)CCc1cc(OC(F)(F)F)ccc1C(C)(C)C. The molecule has 1 rings (SSSR count). The molecule has 0 radical (unpaired) electrons. The third kappa shape index (κ3) is 5.94. The third-order valence-corrected chi connectivity index (χ3v) is 3.29. The van der Waals surface area contributed by atoms with E-state index in [1.54, 1.807) is 13.0 Å². The van der Waals surface area contributed by atoms with Gasteiger partial charge in [-0.2, -0.15) is 0 Å². The monoisotopic (exact) mass is 306 g/mol. The zero-order valence-corrected chi connectivity index (χ0v) is 12.9. The van der Waals surface area contributed by atoms with Gasteiger partial charge in [0, 0.05) is 0 Å². The van der Waals surface area contributed by atoms with Crippen LogP contribution >= 0.6 is 0 Å². The summed E-state index contributed by atoms with van der Waals surface area (Å²) >= 11 is 0. The lowest BCUT2D eigenvalue weighted by molar-refractivity contribution is -0.274. The van der Waals surface area contributed by atoms with Gasteiger partial charge in [0.1, 0.15) is 11.9 Å². The first-order valence-corrected chi connectivity index (χ1v) is 7.06. The van der Waals surface area contributed by atoms with Crippen LogP contribution in [-0.2, 0) is 11.8 Å². The van der Waals surface area contributed by atoms with Gasteiger partial charge in [-0.15, -0.1) is 13.2 Å². The van der Waals surface area contributed by atoms with Gasteiger partial charge in [-0.05, 0) is 47.9 Å². The number of alkyl halides is 4. The Balaban J connectivity index is 3.05. The maximum absolute atomic E-state index is 13.4. The van der Waals surface area contributed by atoms with Crippen molar-refractivity contribution >= 4 is 0 Å². The molecule has 21 heavy (non-hydrogen) atoms. The quantitative estimate of drug-likeness (QED) is 0.647. The van der Waals surface area contributed by atoms with Crippen molar-refractivity contribution in [2.24, 2.45) is 0 Å². The molecule has 120 valence electrons. The molecule has 0 aliphatic carbocycles. The number of benzene rings is 1. The van der Waals surface area contributed by atoms with E-state index in [9.17, 15) is 17.6 Å². The van der Waals surface area contributed by atoms with Crippen molar-refractivity contribution in [3.05, 3.63) is 29.3 Å². The van der Waals surface area contributed by atoms with Crippen molar-refractivity contribution in [3.8, 4) is 5.75 Å². The van der Waals surface area contributed by atoms with Crippen LogP contribution in [0, 0.1) is 0 Å². The van der Waals surface area contributed by atoms with Crippen LogP contribution in [-0.4, -0.2) is 12.5 Å². The topological polar surface area (TPSA) is 9.23 Å². The summed E-state index contributed by atoms with van der Waals surface area (Å²) in [5.41, 5.74) is 1.41. The molecule has 1 atom stereocenters. The molecule has 1 nitrogen and oxygen atoms in total. The number of rotatable bonds is 5. The van der Waals surface area contributed by atoms with Gasteiger partial charge in [-0.1, -0.05) is 33.8 Å². The maximum Gasteiger partial charge on any atom is 0.573 e. The summed E-state index contributed by atoms with van der Waals surface area (Å²) in [6.07, 6.45) is -4.55. The number of halogens is 4. The fourth-order valence-electron chi connectivity index (χ4n) is 2.22. The highest BCUT2D eigenvalue weighted by atomic mass is 19.4. The van der Waals surface area contributed by atoms with Gasteiger partial charge in [-0.25, -0.2) is 4.39 Å². The molecule has 0 amide bonds. The molecule has 0 heterocycles. The van der Waals surface area contributed by atoms with Gasteiger partial charge in [-0.3, -0.25) is 0 Å². The van der Waals surface area contributed by atoms with E-state index in [1.165, 1.54) is 12.1 Å². The van der Waals surface area contributed by atoms with E-state index in [0.717, 1.165) is 5.56 Å². The smallest absolute Gasteiger partial charge is 0.406 e. The van der Waals surface area contributed by atoms with Gasteiger partial charge < -0.3 is 4.74 Å². The predicted molar refractivity (Wildman–Crippen MR) is 75.3 cm³/mol. The highest BCUT2D eigenvalue weighted by Crippen LogP contribution is 2.32. The van der Waals surface area contributed by atoms with Crippen LogP contribution < -0.4 is 4.74 Å². The zero-order valence-electron chi connectivity index (χ0n) is 12.9.